The molecule has 1 fully saturated rings. The maximum Gasteiger partial charge on any atom is 0.184 e. The molecule has 0 amide bonds. The van der Waals surface area contributed by atoms with Crippen LogP contribution in [-0.2, 0) is 9.84 Å². The fourth-order valence-electron chi connectivity index (χ4n) is 2.81. The van der Waals surface area contributed by atoms with Gasteiger partial charge in [0.15, 0.2) is 15.5 Å². The van der Waals surface area contributed by atoms with Crippen molar-refractivity contribution in [2.45, 2.75) is 35.8 Å². The summed E-state index contributed by atoms with van der Waals surface area (Å²) in [4.78, 5) is 3.93. The van der Waals surface area contributed by atoms with Crippen molar-refractivity contribution in [1.82, 2.24) is 4.98 Å². The van der Waals surface area contributed by atoms with Crippen LogP contribution in [0.5, 0.6) is 0 Å². The fraction of sp³-hybridized carbons (Fsp3) is 0.333. The zero-order valence-electron chi connectivity index (χ0n) is 11.3. The van der Waals surface area contributed by atoms with Gasteiger partial charge in [-0.25, -0.2) is 13.4 Å². The monoisotopic (exact) mass is 302 g/mol. The number of hydrogen-bond donors (Lipinski definition) is 0. The smallest absolute Gasteiger partial charge is 0.184 e. The van der Waals surface area contributed by atoms with Crippen molar-refractivity contribution in [3.05, 3.63) is 36.4 Å². The molecule has 0 atom stereocenters. The number of aromatic nitrogens is 1. The molecule has 2 aromatic rings. The molecule has 0 bridgehead atoms. The quantitative estimate of drug-likeness (QED) is 0.870. The van der Waals surface area contributed by atoms with Crippen LogP contribution in [-0.4, -0.2) is 18.7 Å². The lowest BCUT2D eigenvalue weighted by Gasteiger charge is -2.14. The van der Waals surface area contributed by atoms with Crippen molar-refractivity contribution in [3.63, 3.8) is 0 Å². The Labute approximate surface area is 123 Å². The van der Waals surface area contributed by atoms with Gasteiger partial charge in [-0.15, -0.1) is 0 Å². The molecule has 2 aromatic heterocycles. The van der Waals surface area contributed by atoms with E-state index >= 15 is 0 Å². The van der Waals surface area contributed by atoms with Gasteiger partial charge in [-0.05, 0) is 31.0 Å². The molecule has 6 heteroatoms. The molecule has 5 nitrogen and oxygen atoms in total. The summed E-state index contributed by atoms with van der Waals surface area (Å²) in [6.45, 7) is 0. The van der Waals surface area contributed by atoms with E-state index in [0.717, 1.165) is 12.8 Å². The summed E-state index contributed by atoms with van der Waals surface area (Å²) < 4.78 is 31.1. The first-order chi connectivity index (χ1) is 10.1. The molecule has 0 radical (unpaired) electrons. The van der Waals surface area contributed by atoms with Crippen molar-refractivity contribution in [2.75, 3.05) is 0 Å². The highest BCUT2D eigenvalue weighted by atomic mass is 32.2. The van der Waals surface area contributed by atoms with Gasteiger partial charge in [0.25, 0.3) is 0 Å². The van der Waals surface area contributed by atoms with Crippen LogP contribution in [0.4, 0.5) is 0 Å². The first-order valence-electron chi connectivity index (χ1n) is 6.81. The summed E-state index contributed by atoms with van der Waals surface area (Å²) in [5, 5.41) is 8.81. The fourth-order valence-corrected chi connectivity index (χ4v) is 4.94. The number of furan rings is 1. The molecule has 1 aliphatic carbocycles. The lowest BCUT2D eigenvalue weighted by molar-refractivity contribution is 0.571. The van der Waals surface area contributed by atoms with E-state index in [-0.39, 0.29) is 10.6 Å². The second-order valence-corrected chi connectivity index (χ2v) is 7.24. The largest absolute Gasteiger partial charge is 0.464 e. The predicted octanol–water partition coefficient (Wildman–Crippen LogP) is 2.93. The van der Waals surface area contributed by atoms with Crippen LogP contribution >= 0.6 is 0 Å². The van der Waals surface area contributed by atoms with Gasteiger partial charge in [-0.1, -0.05) is 12.8 Å². The lowest BCUT2D eigenvalue weighted by Crippen LogP contribution is -2.20. The van der Waals surface area contributed by atoms with Gasteiger partial charge in [0, 0.05) is 11.8 Å². The summed E-state index contributed by atoms with van der Waals surface area (Å²) >= 11 is 0. The van der Waals surface area contributed by atoms with Crippen molar-refractivity contribution in [2.24, 2.45) is 0 Å². The lowest BCUT2D eigenvalue weighted by atomic mass is 10.2. The van der Waals surface area contributed by atoms with Gasteiger partial charge in [0.1, 0.15) is 16.7 Å². The number of hydrogen-bond acceptors (Lipinski definition) is 5. The van der Waals surface area contributed by atoms with E-state index in [1.807, 2.05) is 6.07 Å². The molecule has 0 saturated heterocycles. The molecule has 0 unspecified atom stereocenters. The summed E-state index contributed by atoms with van der Waals surface area (Å²) in [6.07, 6.45) is 6.00. The minimum atomic E-state index is -3.58. The van der Waals surface area contributed by atoms with E-state index in [0.29, 0.717) is 24.2 Å². The van der Waals surface area contributed by atoms with E-state index in [1.165, 1.54) is 12.5 Å². The highest BCUT2D eigenvalue weighted by molar-refractivity contribution is 7.92. The highest BCUT2D eigenvalue weighted by Gasteiger charge is 2.35. The second kappa shape index (κ2) is 5.34. The summed E-state index contributed by atoms with van der Waals surface area (Å²) in [7, 11) is -3.58. The number of sulfone groups is 1. The molecule has 0 N–H and O–H groups in total. The van der Waals surface area contributed by atoms with Gasteiger partial charge < -0.3 is 4.42 Å². The molecule has 3 rings (SSSR count). The molecule has 1 aliphatic rings. The van der Waals surface area contributed by atoms with E-state index < -0.39 is 15.1 Å². The SMILES string of the molecule is N#Cc1nccc(-c2ccco2)c1S(=O)(=O)C1CCCC1. The molecule has 0 spiro atoms. The Balaban J connectivity index is 2.23. The molecular weight excluding hydrogens is 288 g/mol. The summed E-state index contributed by atoms with van der Waals surface area (Å²) in [6, 6.07) is 6.85. The molecule has 0 aromatic carbocycles. The molecule has 21 heavy (non-hydrogen) atoms. The normalized spacial score (nSPS) is 16.0. The van der Waals surface area contributed by atoms with E-state index in [9.17, 15) is 13.7 Å². The van der Waals surface area contributed by atoms with Crippen molar-refractivity contribution < 1.29 is 12.8 Å². The standard InChI is InChI=1S/C15H14N2O3S/c16-10-13-15(21(18,19)11-4-1-2-5-11)12(7-8-17-13)14-6-3-9-20-14/h3,6-9,11H,1-2,4-5H2. The van der Waals surface area contributed by atoms with Crippen molar-refractivity contribution in [3.8, 4) is 17.4 Å². The number of rotatable bonds is 3. The Morgan fingerprint density at radius 1 is 1.29 bits per heavy atom. The molecule has 0 aliphatic heterocycles. The van der Waals surface area contributed by atoms with E-state index in [2.05, 4.69) is 4.98 Å². The molecular formula is C15H14N2O3S. The van der Waals surface area contributed by atoms with Crippen LogP contribution in [0.25, 0.3) is 11.3 Å². The van der Waals surface area contributed by atoms with Crippen LogP contribution in [0.1, 0.15) is 31.4 Å². The van der Waals surface area contributed by atoms with Gasteiger partial charge in [0.2, 0.25) is 0 Å². The van der Waals surface area contributed by atoms with E-state index in [4.69, 9.17) is 4.42 Å². The average molecular weight is 302 g/mol. The maximum atomic E-state index is 12.9. The third kappa shape index (κ3) is 2.34. The van der Waals surface area contributed by atoms with Crippen molar-refractivity contribution >= 4 is 9.84 Å². The molecule has 1 saturated carbocycles. The zero-order valence-corrected chi connectivity index (χ0v) is 12.1. The van der Waals surface area contributed by atoms with Crippen LogP contribution < -0.4 is 0 Å². The second-order valence-electron chi connectivity index (χ2n) is 5.08. The molecule has 2 heterocycles. The van der Waals surface area contributed by atoms with Crippen molar-refractivity contribution in [1.29, 1.82) is 5.26 Å². The number of nitriles is 1. The average Bonchev–Trinajstić information content (AvgIpc) is 3.19. The van der Waals surface area contributed by atoms with Gasteiger partial charge in [-0.3, -0.25) is 0 Å². The number of pyridine rings is 1. The van der Waals surface area contributed by atoms with Gasteiger partial charge in [-0.2, -0.15) is 5.26 Å². The Morgan fingerprint density at radius 3 is 2.67 bits per heavy atom. The van der Waals surface area contributed by atoms with Crippen LogP contribution in [0.2, 0.25) is 0 Å². The third-order valence-corrected chi connectivity index (χ3v) is 6.15. The Hall–Kier alpha value is -2.13. The Morgan fingerprint density at radius 2 is 2.05 bits per heavy atom. The summed E-state index contributed by atoms with van der Waals surface area (Å²) in [5.41, 5.74) is 0.356. The van der Waals surface area contributed by atoms with Crippen LogP contribution in [0.3, 0.4) is 0 Å². The molecule has 108 valence electrons. The minimum Gasteiger partial charge on any atom is -0.464 e. The number of nitrogens with zero attached hydrogens (tertiary/aromatic N) is 2. The minimum absolute atomic E-state index is 0.00866. The highest BCUT2D eigenvalue weighted by Crippen LogP contribution is 2.36. The van der Waals surface area contributed by atoms with Crippen LogP contribution in [0.15, 0.2) is 40.0 Å². The predicted molar refractivity (Wildman–Crippen MR) is 76.1 cm³/mol. The first-order valence-corrected chi connectivity index (χ1v) is 8.36. The maximum absolute atomic E-state index is 12.9. The Kier molecular flexibility index (Phi) is 3.52. The van der Waals surface area contributed by atoms with E-state index in [1.54, 1.807) is 18.2 Å². The first kappa shape index (κ1) is 13.8. The topological polar surface area (TPSA) is 84.0 Å². The third-order valence-electron chi connectivity index (χ3n) is 3.82. The summed E-state index contributed by atoms with van der Waals surface area (Å²) in [5.74, 6) is 0.436. The van der Waals surface area contributed by atoms with Gasteiger partial charge in [0.05, 0.1) is 11.5 Å². The van der Waals surface area contributed by atoms with Crippen LogP contribution in [0, 0.1) is 11.3 Å². The van der Waals surface area contributed by atoms with Gasteiger partial charge >= 0.3 is 0 Å². The zero-order chi connectivity index (χ0) is 14.9. The Bertz CT molecular complexity index is 783.